The standard InChI is InChI=1S/C10H13ClN2O3/c1-7(6-14)12-5-8-2-3-9(11)4-10(8)13(15)16/h2-4,7,12,14H,5-6H2,1H3. The van der Waals surface area contributed by atoms with Crippen molar-refractivity contribution in [3.8, 4) is 0 Å². The van der Waals surface area contributed by atoms with Gasteiger partial charge in [-0.2, -0.15) is 0 Å². The van der Waals surface area contributed by atoms with Gasteiger partial charge in [0.2, 0.25) is 0 Å². The van der Waals surface area contributed by atoms with Crippen LogP contribution in [0, 0.1) is 10.1 Å². The maximum atomic E-state index is 10.8. The second-order valence-electron chi connectivity index (χ2n) is 3.49. The van der Waals surface area contributed by atoms with Crippen molar-refractivity contribution in [2.24, 2.45) is 0 Å². The molecule has 1 rings (SSSR count). The number of halogens is 1. The van der Waals surface area contributed by atoms with E-state index in [0.29, 0.717) is 17.1 Å². The van der Waals surface area contributed by atoms with E-state index < -0.39 is 4.92 Å². The van der Waals surface area contributed by atoms with Gasteiger partial charge in [-0.15, -0.1) is 0 Å². The molecule has 0 saturated heterocycles. The highest BCUT2D eigenvalue weighted by Crippen LogP contribution is 2.22. The van der Waals surface area contributed by atoms with Crippen LogP contribution in [0.15, 0.2) is 18.2 Å². The number of nitrogens with zero attached hydrogens (tertiary/aromatic N) is 1. The summed E-state index contributed by atoms with van der Waals surface area (Å²) in [6.45, 7) is 2.11. The van der Waals surface area contributed by atoms with Crippen molar-refractivity contribution in [2.75, 3.05) is 6.61 Å². The average Bonchev–Trinajstić information content (AvgIpc) is 2.26. The van der Waals surface area contributed by atoms with Crippen LogP contribution in [0.2, 0.25) is 5.02 Å². The van der Waals surface area contributed by atoms with Crippen LogP contribution in [0.4, 0.5) is 5.69 Å². The van der Waals surface area contributed by atoms with Crippen molar-refractivity contribution in [1.82, 2.24) is 5.32 Å². The minimum absolute atomic E-state index is 0.00913. The molecular formula is C10H13ClN2O3. The topological polar surface area (TPSA) is 75.4 Å². The molecule has 2 N–H and O–H groups in total. The van der Waals surface area contributed by atoms with Crippen LogP contribution in [0.5, 0.6) is 0 Å². The van der Waals surface area contributed by atoms with Crippen molar-refractivity contribution >= 4 is 17.3 Å². The van der Waals surface area contributed by atoms with Crippen LogP contribution in [0.3, 0.4) is 0 Å². The normalized spacial score (nSPS) is 12.4. The molecule has 0 aromatic heterocycles. The molecule has 1 aromatic carbocycles. The molecule has 1 atom stereocenters. The number of rotatable bonds is 5. The fraction of sp³-hybridized carbons (Fsp3) is 0.400. The first-order valence-corrected chi connectivity index (χ1v) is 5.19. The fourth-order valence-electron chi connectivity index (χ4n) is 1.21. The molecule has 0 fully saturated rings. The number of nitrogens with one attached hydrogen (secondary N) is 1. The maximum absolute atomic E-state index is 10.8. The van der Waals surface area contributed by atoms with Gasteiger partial charge in [-0.25, -0.2) is 0 Å². The molecule has 1 unspecified atom stereocenters. The SMILES string of the molecule is CC(CO)NCc1ccc(Cl)cc1[N+](=O)[O-]. The van der Waals surface area contributed by atoms with Gasteiger partial charge in [0.1, 0.15) is 0 Å². The Morgan fingerprint density at radius 2 is 2.31 bits per heavy atom. The Hall–Kier alpha value is -1.17. The fourth-order valence-corrected chi connectivity index (χ4v) is 1.37. The average molecular weight is 245 g/mol. The predicted octanol–water partition coefficient (Wildman–Crippen LogP) is 1.72. The Morgan fingerprint density at radius 3 is 2.88 bits per heavy atom. The van der Waals surface area contributed by atoms with Crippen LogP contribution in [-0.2, 0) is 6.54 Å². The third-order valence-electron chi connectivity index (χ3n) is 2.16. The number of aliphatic hydroxyl groups is 1. The van der Waals surface area contributed by atoms with Gasteiger partial charge in [-0.05, 0) is 19.1 Å². The molecule has 0 aliphatic heterocycles. The maximum Gasteiger partial charge on any atom is 0.275 e. The van der Waals surface area contributed by atoms with Gasteiger partial charge in [0.25, 0.3) is 5.69 Å². The van der Waals surface area contributed by atoms with Gasteiger partial charge in [-0.1, -0.05) is 11.6 Å². The molecule has 0 spiro atoms. The quantitative estimate of drug-likeness (QED) is 0.611. The van der Waals surface area contributed by atoms with Gasteiger partial charge in [0.05, 0.1) is 11.5 Å². The minimum Gasteiger partial charge on any atom is -0.395 e. The summed E-state index contributed by atoms with van der Waals surface area (Å²) < 4.78 is 0. The number of hydrogen-bond donors (Lipinski definition) is 2. The highest BCUT2D eigenvalue weighted by atomic mass is 35.5. The molecule has 16 heavy (non-hydrogen) atoms. The summed E-state index contributed by atoms with van der Waals surface area (Å²) in [4.78, 5) is 10.3. The van der Waals surface area contributed by atoms with Crippen molar-refractivity contribution in [1.29, 1.82) is 0 Å². The first-order valence-electron chi connectivity index (χ1n) is 4.81. The Labute approximate surface area is 98.2 Å². The van der Waals surface area contributed by atoms with Gasteiger partial charge >= 0.3 is 0 Å². The van der Waals surface area contributed by atoms with E-state index in [9.17, 15) is 10.1 Å². The monoisotopic (exact) mass is 244 g/mol. The number of nitro benzene ring substituents is 1. The molecule has 0 amide bonds. The zero-order valence-electron chi connectivity index (χ0n) is 8.81. The summed E-state index contributed by atoms with van der Waals surface area (Å²) in [6.07, 6.45) is 0. The molecule has 88 valence electrons. The van der Waals surface area contributed by atoms with Crippen molar-refractivity contribution in [3.05, 3.63) is 38.9 Å². The van der Waals surface area contributed by atoms with Crippen molar-refractivity contribution in [2.45, 2.75) is 19.5 Å². The Balaban J connectivity index is 2.82. The van der Waals surface area contributed by atoms with Gasteiger partial charge in [-0.3, -0.25) is 10.1 Å². The lowest BCUT2D eigenvalue weighted by molar-refractivity contribution is -0.385. The van der Waals surface area contributed by atoms with E-state index >= 15 is 0 Å². The van der Waals surface area contributed by atoms with E-state index in [2.05, 4.69) is 5.32 Å². The minimum atomic E-state index is -0.466. The summed E-state index contributed by atoms with van der Waals surface area (Å²) in [5.74, 6) is 0. The number of nitro groups is 1. The van der Waals surface area contributed by atoms with Crippen LogP contribution in [0.1, 0.15) is 12.5 Å². The molecule has 0 aliphatic rings. The summed E-state index contributed by atoms with van der Waals surface area (Å²) in [6, 6.07) is 4.44. The second-order valence-corrected chi connectivity index (χ2v) is 3.93. The summed E-state index contributed by atoms with van der Waals surface area (Å²) >= 11 is 5.69. The van der Waals surface area contributed by atoms with E-state index in [1.54, 1.807) is 19.1 Å². The molecule has 0 radical (unpaired) electrons. The summed E-state index contributed by atoms with van der Waals surface area (Å²) in [5.41, 5.74) is 0.542. The summed E-state index contributed by atoms with van der Waals surface area (Å²) in [5, 5.41) is 22.9. The van der Waals surface area contributed by atoms with Gasteiger partial charge < -0.3 is 10.4 Å². The lowest BCUT2D eigenvalue weighted by atomic mass is 10.1. The molecule has 6 heteroatoms. The van der Waals surface area contributed by atoms with E-state index in [0.717, 1.165) is 0 Å². The first-order chi connectivity index (χ1) is 7.54. The predicted molar refractivity (Wildman–Crippen MR) is 61.5 cm³/mol. The van der Waals surface area contributed by atoms with Crippen molar-refractivity contribution < 1.29 is 10.0 Å². The zero-order valence-corrected chi connectivity index (χ0v) is 9.57. The number of benzene rings is 1. The van der Waals surface area contributed by atoms with Gasteiger partial charge in [0, 0.05) is 29.2 Å². The first kappa shape index (κ1) is 12.9. The van der Waals surface area contributed by atoms with Gasteiger partial charge in [0.15, 0.2) is 0 Å². The Morgan fingerprint density at radius 1 is 1.62 bits per heavy atom. The summed E-state index contributed by atoms with van der Waals surface area (Å²) in [7, 11) is 0. The van der Waals surface area contributed by atoms with Crippen LogP contribution < -0.4 is 5.32 Å². The highest BCUT2D eigenvalue weighted by molar-refractivity contribution is 6.30. The van der Waals surface area contributed by atoms with E-state index in [1.165, 1.54) is 6.07 Å². The third kappa shape index (κ3) is 3.44. The van der Waals surface area contributed by atoms with Crippen LogP contribution >= 0.6 is 11.6 Å². The number of hydrogen-bond acceptors (Lipinski definition) is 4. The largest absolute Gasteiger partial charge is 0.395 e. The molecule has 0 heterocycles. The lowest BCUT2D eigenvalue weighted by Crippen LogP contribution is -2.28. The van der Waals surface area contributed by atoms with Crippen molar-refractivity contribution in [3.63, 3.8) is 0 Å². The Kier molecular flexibility index (Phi) is 4.67. The second kappa shape index (κ2) is 5.79. The van der Waals surface area contributed by atoms with E-state index in [-0.39, 0.29) is 18.3 Å². The molecule has 0 bridgehead atoms. The molecule has 5 nitrogen and oxygen atoms in total. The number of aliphatic hydroxyl groups excluding tert-OH is 1. The Bertz CT molecular complexity index is 384. The van der Waals surface area contributed by atoms with Crippen LogP contribution in [0.25, 0.3) is 0 Å². The molecule has 0 aliphatic carbocycles. The zero-order chi connectivity index (χ0) is 12.1. The van der Waals surface area contributed by atoms with Crippen LogP contribution in [-0.4, -0.2) is 22.7 Å². The molecular weight excluding hydrogens is 232 g/mol. The molecule has 1 aromatic rings. The highest BCUT2D eigenvalue weighted by Gasteiger charge is 2.14. The lowest BCUT2D eigenvalue weighted by Gasteiger charge is -2.10. The van der Waals surface area contributed by atoms with E-state index in [1.807, 2.05) is 0 Å². The van der Waals surface area contributed by atoms with E-state index in [4.69, 9.17) is 16.7 Å². The molecule has 0 saturated carbocycles. The third-order valence-corrected chi connectivity index (χ3v) is 2.39. The smallest absolute Gasteiger partial charge is 0.275 e.